The first-order valence-electron chi connectivity index (χ1n) is 10.9. The van der Waals surface area contributed by atoms with Crippen LogP contribution in [0, 0.1) is 0 Å². The third-order valence-electron chi connectivity index (χ3n) is 5.85. The zero-order valence-electron chi connectivity index (χ0n) is 18.0. The van der Waals surface area contributed by atoms with Gasteiger partial charge in [0, 0.05) is 18.3 Å². The molecule has 4 rings (SSSR count). The predicted octanol–water partition coefficient (Wildman–Crippen LogP) is 3.46. The van der Waals surface area contributed by atoms with E-state index in [2.05, 4.69) is 22.4 Å². The fourth-order valence-corrected chi connectivity index (χ4v) is 5.03. The molecule has 33 heavy (non-hydrogen) atoms. The second-order valence-corrected chi connectivity index (χ2v) is 8.97. The van der Waals surface area contributed by atoms with Crippen LogP contribution in [0.5, 0.6) is 0 Å². The first-order chi connectivity index (χ1) is 16.0. The van der Waals surface area contributed by atoms with Crippen molar-refractivity contribution in [3.8, 4) is 11.1 Å². The van der Waals surface area contributed by atoms with Gasteiger partial charge in [-0.2, -0.15) is 0 Å². The summed E-state index contributed by atoms with van der Waals surface area (Å²) in [7, 11) is 0. The smallest absolute Gasteiger partial charge is 0.326 e. The molecular weight excluding hydrogens is 438 g/mol. The largest absolute Gasteiger partial charge is 0.480 e. The van der Waals surface area contributed by atoms with E-state index in [0.29, 0.717) is 24.4 Å². The lowest BCUT2D eigenvalue weighted by atomic mass is 10.0. The van der Waals surface area contributed by atoms with Gasteiger partial charge in [-0.1, -0.05) is 54.6 Å². The fraction of sp³-hybridized carbons (Fsp3) is 0.280. The van der Waals surface area contributed by atoms with Gasteiger partial charge < -0.3 is 15.3 Å². The fourth-order valence-electron chi connectivity index (χ4n) is 4.14. The van der Waals surface area contributed by atoms with Crippen LogP contribution in [-0.2, 0) is 27.2 Å². The first kappa shape index (κ1) is 22.7. The standard InChI is InChI=1S/C25H25N3O4S/c29-16-26-20(25(31)32)14-23-27-21(15-33-23)22-7-4-12-28(22)24(30)13-17-8-10-19(11-9-17)18-5-2-1-3-6-18/h1-3,5-6,8-11,15-16,20,22H,4,7,12-14H2,(H,26,29)(H,31,32). The number of benzene rings is 2. The summed E-state index contributed by atoms with van der Waals surface area (Å²) in [5.41, 5.74) is 4.01. The number of aliphatic carboxylic acids is 1. The number of hydrogen-bond donors (Lipinski definition) is 2. The highest BCUT2D eigenvalue weighted by Gasteiger charge is 2.32. The molecule has 2 amide bonds. The quantitative estimate of drug-likeness (QED) is 0.474. The number of carboxylic acid groups (broad SMARTS) is 1. The molecule has 1 aliphatic rings. The van der Waals surface area contributed by atoms with E-state index in [1.807, 2.05) is 52.7 Å². The Morgan fingerprint density at radius 2 is 1.88 bits per heavy atom. The van der Waals surface area contributed by atoms with Crippen LogP contribution in [-0.4, -0.2) is 45.9 Å². The Bertz CT molecular complexity index is 1110. The average molecular weight is 464 g/mol. The molecule has 1 fully saturated rings. The Labute approximate surface area is 196 Å². The van der Waals surface area contributed by atoms with Gasteiger partial charge >= 0.3 is 5.97 Å². The number of rotatable bonds is 9. The molecule has 0 bridgehead atoms. The number of hydrogen-bond acceptors (Lipinski definition) is 5. The maximum absolute atomic E-state index is 13.1. The Balaban J connectivity index is 1.41. The molecule has 2 unspecified atom stereocenters. The molecular formula is C25H25N3O4S. The number of carboxylic acids is 1. The number of thiazole rings is 1. The molecule has 2 heterocycles. The third-order valence-corrected chi connectivity index (χ3v) is 6.74. The summed E-state index contributed by atoms with van der Waals surface area (Å²) in [6.45, 7) is 0.683. The minimum absolute atomic E-state index is 0.0607. The van der Waals surface area contributed by atoms with E-state index < -0.39 is 12.0 Å². The minimum atomic E-state index is -1.10. The maximum atomic E-state index is 13.1. The van der Waals surface area contributed by atoms with Crippen LogP contribution >= 0.6 is 11.3 Å². The topological polar surface area (TPSA) is 99.6 Å². The van der Waals surface area contributed by atoms with E-state index >= 15 is 0 Å². The number of nitrogens with zero attached hydrogens (tertiary/aromatic N) is 2. The molecule has 0 aliphatic carbocycles. The van der Waals surface area contributed by atoms with Crippen molar-refractivity contribution in [2.75, 3.05) is 6.54 Å². The van der Waals surface area contributed by atoms with Crippen molar-refractivity contribution in [2.45, 2.75) is 37.8 Å². The zero-order chi connectivity index (χ0) is 23.2. The normalized spacial score (nSPS) is 16.4. The second-order valence-electron chi connectivity index (χ2n) is 8.03. The van der Waals surface area contributed by atoms with E-state index in [1.165, 1.54) is 11.3 Å². The van der Waals surface area contributed by atoms with E-state index in [4.69, 9.17) is 0 Å². The Morgan fingerprint density at radius 3 is 2.58 bits per heavy atom. The number of carbonyl (C=O) groups is 3. The highest BCUT2D eigenvalue weighted by atomic mass is 32.1. The van der Waals surface area contributed by atoms with Crippen LogP contribution in [0.15, 0.2) is 60.0 Å². The summed E-state index contributed by atoms with van der Waals surface area (Å²) >= 11 is 1.36. The maximum Gasteiger partial charge on any atom is 0.326 e. The second kappa shape index (κ2) is 10.4. The van der Waals surface area contributed by atoms with Gasteiger partial charge in [-0.3, -0.25) is 9.59 Å². The highest BCUT2D eigenvalue weighted by molar-refractivity contribution is 7.09. The summed E-state index contributed by atoms with van der Waals surface area (Å²) in [6.07, 6.45) is 2.56. The van der Waals surface area contributed by atoms with Crippen LogP contribution in [0.1, 0.15) is 35.1 Å². The van der Waals surface area contributed by atoms with E-state index in [1.54, 1.807) is 0 Å². The number of amides is 2. The van der Waals surface area contributed by atoms with Gasteiger partial charge in [0.15, 0.2) is 0 Å². The van der Waals surface area contributed by atoms with Crippen molar-refractivity contribution >= 4 is 29.6 Å². The van der Waals surface area contributed by atoms with Crippen LogP contribution in [0.25, 0.3) is 11.1 Å². The van der Waals surface area contributed by atoms with Crippen LogP contribution < -0.4 is 5.32 Å². The Kier molecular flexibility index (Phi) is 7.14. The van der Waals surface area contributed by atoms with Crippen molar-refractivity contribution in [3.63, 3.8) is 0 Å². The molecule has 2 aromatic carbocycles. The minimum Gasteiger partial charge on any atom is -0.480 e. The SMILES string of the molecule is O=CNC(Cc1nc(C2CCCN2C(=O)Cc2ccc(-c3ccccc3)cc2)cs1)C(=O)O. The van der Waals surface area contributed by atoms with E-state index in [-0.39, 0.29) is 18.4 Å². The van der Waals surface area contributed by atoms with Gasteiger partial charge in [0.25, 0.3) is 0 Å². The van der Waals surface area contributed by atoms with E-state index in [0.717, 1.165) is 35.2 Å². The Morgan fingerprint density at radius 1 is 1.15 bits per heavy atom. The van der Waals surface area contributed by atoms with Crippen LogP contribution in [0.3, 0.4) is 0 Å². The highest BCUT2D eigenvalue weighted by Crippen LogP contribution is 2.33. The third kappa shape index (κ3) is 5.46. The van der Waals surface area contributed by atoms with Gasteiger partial charge in [-0.25, -0.2) is 9.78 Å². The summed E-state index contributed by atoms with van der Waals surface area (Å²) < 4.78 is 0. The van der Waals surface area contributed by atoms with Gasteiger partial charge in [0.2, 0.25) is 12.3 Å². The molecule has 0 radical (unpaired) electrons. The predicted molar refractivity (Wildman–Crippen MR) is 126 cm³/mol. The zero-order valence-corrected chi connectivity index (χ0v) is 18.8. The summed E-state index contributed by atoms with van der Waals surface area (Å²) in [5, 5.41) is 14.0. The molecule has 2 N–H and O–H groups in total. The number of aromatic nitrogens is 1. The Hall–Kier alpha value is -3.52. The molecule has 0 saturated carbocycles. The van der Waals surface area contributed by atoms with Gasteiger partial charge in [0.05, 0.1) is 23.2 Å². The summed E-state index contributed by atoms with van der Waals surface area (Å²) in [6, 6.07) is 17.1. The first-order valence-corrected chi connectivity index (χ1v) is 11.7. The van der Waals surface area contributed by atoms with Gasteiger partial charge in [-0.05, 0) is 29.5 Å². The molecule has 8 heteroatoms. The van der Waals surface area contributed by atoms with Crippen molar-refractivity contribution in [1.82, 2.24) is 15.2 Å². The molecule has 2 atom stereocenters. The van der Waals surface area contributed by atoms with Crippen molar-refractivity contribution in [2.24, 2.45) is 0 Å². The lowest BCUT2D eigenvalue weighted by Gasteiger charge is -2.23. The molecule has 7 nitrogen and oxygen atoms in total. The van der Waals surface area contributed by atoms with Crippen LogP contribution in [0.4, 0.5) is 0 Å². The summed E-state index contributed by atoms with van der Waals surface area (Å²) in [4.78, 5) is 41.5. The molecule has 170 valence electrons. The van der Waals surface area contributed by atoms with Gasteiger partial charge in [-0.15, -0.1) is 11.3 Å². The van der Waals surface area contributed by atoms with Crippen LogP contribution in [0.2, 0.25) is 0 Å². The number of likely N-dealkylation sites (tertiary alicyclic amines) is 1. The van der Waals surface area contributed by atoms with Gasteiger partial charge in [0.1, 0.15) is 6.04 Å². The van der Waals surface area contributed by atoms with E-state index in [9.17, 15) is 19.5 Å². The molecule has 1 aliphatic heterocycles. The molecule has 1 saturated heterocycles. The lowest BCUT2D eigenvalue weighted by Crippen LogP contribution is -2.37. The van der Waals surface area contributed by atoms with Crippen molar-refractivity contribution < 1.29 is 19.5 Å². The average Bonchev–Trinajstić information content (AvgIpc) is 3.49. The summed E-state index contributed by atoms with van der Waals surface area (Å²) in [5.74, 6) is -1.04. The number of nitrogens with one attached hydrogen (secondary N) is 1. The molecule has 1 aromatic heterocycles. The molecule has 0 spiro atoms. The van der Waals surface area contributed by atoms with Crippen molar-refractivity contribution in [1.29, 1.82) is 0 Å². The molecule has 3 aromatic rings. The monoisotopic (exact) mass is 463 g/mol. The number of carbonyl (C=O) groups excluding carboxylic acids is 2. The lowest BCUT2D eigenvalue weighted by molar-refractivity contribution is -0.140. The van der Waals surface area contributed by atoms with Crippen molar-refractivity contribution in [3.05, 3.63) is 76.2 Å².